The SMILES string of the molecule is CC(=O)C(C)(CC1CC1)N=C(C)N. The average molecular weight is 182 g/mol. The molecule has 3 heteroatoms. The Hall–Kier alpha value is -0.860. The fourth-order valence-electron chi connectivity index (χ4n) is 1.54. The van der Waals surface area contributed by atoms with Gasteiger partial charge in [0.25, 0.3) is 0 Å². The molecule has 0 aromatic rings. The van der Waals surface area contributed by atoms with Gasteiger partial charge in [0.1, 0.15) is 5.54 Å². The largest absolute Gasteiger partial charge is 0.388 e. The van der Waals surface area contributed by atoms with Crippen molar-refractivity contribution in [1.29, 1.82) is 0 Å². The van der Waals surface area contributed by atoms with E-state index in [0.717, 1.165) is 6.42 Å². The molecule has 1 rings (SSSR count). The summed E-state index contributed by atoms with van der Waals surface area (Å²) >= 11 is 0. The van der Waals surface area contributed by atoms with Crippen molar-refractivity contribution in [2.75, 3.05) is 0 Å². The minimum Gasteiger partial charge on any atom is -0.388 e. The highest BCUT2D eigenvalue weighted by molar-refractivity contribution is 5.89. The Morgan fingerprint density at radius 3 is 2.38 bits per heavy atom. The maximum Gasteiger partial charge on any atom is 0.157 e. The summed E-state index contributed by atoms with van der Waals surface area (Å²) in [6.45, 7) is 5.20. The number of nitrogens with zero attached hydrogens (tertiary/aromatic N) is 1. The number of hydrogen-bond acceptors (Lipinski definition) is 2. The second-order valence-electron chi connectivity index (χ2n) is 4.23. The Bertz CT molecular complexity index is 239. The first-order valence-electron chi connectivity index (χ1n) is 4.77. The maximum atomic E-state index is 11.4. The summed E-state index contributed by atoms with van der Waals surface area (Å²) in [6.07, 6.45) is 3.33. The molecule has 3 nitrogen and oxygen atoms in total. The van der Waals surface area contributed by atoms with Gasteiger partial charge in [-0.1, -0.05) is 12.8 Å². The molecular weight excluding hydrogens is 164 g/mol. The second kappa shape index (κ2) is 3.48. The fourth-order valence-corrected chi connectivity index (χ4v) is 1.54. The van der Waals surface area contributed by atoms with Gasteiger partial charge in [-0.15, -0.1) is 0 Å². The van der Waals surface area contributed by atoms with Crippen LogP contribution in [0.15, 0.2) is 4.99 Å². The van der Waals surface area contributed by atoms with E-state index in [2.05, 4.69) is 4.99 Å². The molecule has 1 atom stereocenters. The summed E-state index contributed by atoms with van der Waals surface area (Å²) in [5, 5.41) is 0. The first-order chi connectivity index (χ1) is 5.94. The minimum atomic E-state index is -0.569. The molecule has 13 heavy (non-hydrogen) atoms. The van der Waals surface area contributed by atoms with Crippen LogP contribution in [-0.4, -0.2) is 17.2 Å². The second-order valence-corrected chi connectivity index (χ2v) is 4.23. The van der Waals surface area contributed by atoms with Gasteiger partial charge in [-0.3, -0.25) is 9.79 Å². The highest BCUT2D eigenvalue weighted by Crippen LogP contribution is 2.38. The molecule has 74 valence electrons. The molecule has 0 radical (unpaired) electrons. The van der Waals surface area contributed by atoms with E-state index in [1.165, 1.54) is 12.8 Å². The Morgan fingerprint density at radius 2 is 2.08 bits per heavy atom. The summed E-state index contributed by atoms with van der Waals surface area (Å²) in [5.74, 6) is 1.31. The molecule has 0 saturated heterocycles. The molecule has 1 unspecified atom stereocenters. The van der Waals surface area contributed by atoms with Crippen LogP contribution in [0, 0.1) is 5.92 Å². The van der Waals surface area contributed by atoms with E-state index in [-0.39, 0.29) is 5.78 Å². The molecule has 0 aliphatic heterocycles. The minimum absolute atomic E-state index is 0.115. The van der Waals surface area contributed by atoms with E-state index in [0.29, 0.717) is 11.8 Å². The van der Waals surface area contributed by atoms with Crippen LogP contribution >= 0.6 is 0 Å². The molecule has 0 spiro atoms. The molecular formula is C10H18N2O. The summed E-state index contributed by atoms with van der Waals surface area (Å²) in [7, 11) is 0. The van der Waals surface area contributed by atoms with Crippen LogP contribution in [0.3, 0.4) is 0 Å². The van der Waals surface area contributed by atoms with E-state index >= 15 is 0 Å². The normalized spacial score (nSPS) is 22.5. The van der Waals surface area contributed by atoms with Crippen LogP contribution in [0.4, 0.5) is 0 Å². The summed E-state index contributed by atoms with van der Waals surface area (Å²) < 4.78 is 0. The van der Waals surface area contributed by atoms with Crippen LogP contribution in [-0.2, 0) is 4.79 Å². The van der Waals surface area contributed by atoms with E-state index in [1.807, 2.05) is 6.92 Å². The predicted molar refractivity (Wildman–Crippen MR) is 53.7 cm³/mol. The van der Waals surface area contributed by atoms with Crippen molar-refractivity contribution in [2.45, 2.75) is 45.6 Å². The highest BCUT2D eigenvalue weighted by atomic mass is 16.1. The van der Waals surface area contributed by atoms with E-state index in [9.17, 15) is 4.79 Å². The molecule has 2 N–H and O–H groups in total. The zero-order valence-electron chi connectivity index (χ0n) is 8.63. The number of hydrogen-bond donors (Lipinski definition) is 1. The highest BCUT2D eigenvalue weighted by Gasteiger charge is 2.36. The Labute approximate surface area is 79.4 Å². The van der Waals surface area contributed by atoms with Gasteiger partial charge in [0.05, 0.1) is 5.84 Å². The van der Waals surface area contributed by atoms with Crippen LogP contribution in [0.2, 0.25) is 0 Å². The van der Waals surface area contributed by atoms with Gasteiger partial charge in [-0.05, 0) is 33.1 Å². The third kappa shape index (κ3) is 2.83. The van der Waals surface area contributed by atoms with Gasteiger partial charge in [0, 0.05) is 0 Å². The molecule has 0 bridgehead atoms. The van der Waals surface area contributed by atoms with Crippen molar-refractivity contribution >= 4 is 11.6 Å². The smallest absolute Gasteiger partial charge is 0.157 e. The van der Waals surface area contributed by atoms with Crippen molar-refractivity contribution in [2.24, 2.45) is 16.6 Å². The number of ketones is 1. The number of nitrogens with two attached hydrogens (primary N) is 1. The molecule has 1 aliphatic carbocycles. The topological polar surface area (TPSA) is 55.5 Å². The van der Waals surface area contributed by atoms with Crippen LogP contribution in [0.25, 0.3) is 0 Å². The Morgan fingerprint density at radius 1 is 1.54 bits per heavy atom. The van der Waals surface area contributed by atoms with Crippen LogP contribution < -0.4 is 5.73 Å². The van der Waals surface area contributed by atoms with E-state index in [4.69, 9.17) is 5.73 Å². The lowest BCUT2D eigenvalue weighted by molar-refractivity contribution is -0.121. The zero-order chi connectivity index (χ0) is 10.1. The van der Waals surface area contributed by atoms with Crippen molar-refractivity contribution in [3.05, 3.63) is 0 Å². The van der Waals surface area contributed by atoms with Crippen LogP contribution in [0.1, 0.15) is 40.0 Å². The Balaban J connectivity index is 2.72. The molecule has 0 aromatic heterocycles. The third-order valence-corrected chi connectivity index (χ3v) is 2.56. The maximum absolute atomic E-state index is 11.4. The monoisotopic (exact) mass is 182 g/mol. The lowest BCUT2D eigenvalue weighted by Gasteiger charge is -2.22. The van der Waals surface area contributed by atoms with Crippen molar-refractivity contribution < 1.29 is 4.79 Å². The van der Waals surface area contributed by atoms with Gasteiger partial charge < -0.3 is 5.73 Å². The van der Waals surface area contributed by atoms with Crippen molar-refractivity contribution in [3.8, 4) is 0 Å². The number of Topliss-reactive ketones (excluding diaryl/α,β-unsaturated/α-hetero) is 1. The summed E-state index contributed by atoms with van der Waals surface area (Å²) in [6, 6.07) is 0. The molecule has 1 saturated carbocycles. The molecule has 0 amide bonds. The lowest BCUT2D eigenvalue weighted by Crippen LogP contribution is -2.34. The first-order valence-corrected chi connectivity index (χ1v) is 4.77. The standard InChI is InChI=1S/C10H18N2O/c1-7(13)10(3,12-8(2)11)6-9-4-5-9/h9H,4-6H2,1-3H3,(H2,11,12). The fraction of sp³-hybridized carbons (Fsp3) is 0.800. The van der Waals surface area contributed by atoms with Gasteiger partial charge in [-0.2, -0.15) is 0 Å². The number of aliphatic imine (C=N–C) groups is 1. The lowest BCUT2D eigenvalue weighted by atomic mass is 9.91. The van der Waals surface area contributed by atoms with Gasteiger partial charge >= 0.3 is 0 Å². The van der Waals surface area contributed by atoms with Crippen molar-refractivity contribution in [3.63, 3.8) is 0 Å². The molecule has 1 fully saturated rings. The number of rotatable bonds is 4. The number of carbonyl (C=O) groups excluding carboxylic acids is 1. The molecule has 0 aromatic carbocycles. The van der Waals surface area contributed by atoms with Gasteiger partial charge in [0.2, 0.25) is 0 Å². The predicted octanol–water partition coefficient (Wildman–Crippen LogP) is 1.51. The Kier molecular flexibility index (Phi) is 2.74. The number of amidine groups is 1. The third-order valence-electron chi connectivity index (χ3n) is 2.56. The first kappa shape index (κ1) is 10.2. The van der Waals surface area contributed by atoms with E-state index in [1.54, 1.807) is 13.8 Å². The van der Waals surface area contributed by atoms with Crippen molar-refractivity contribution in [1.82, 2.24) is 0 Å². The molecule has 1 aliphatic rings. The number of carbonyl (C=O) groups is 1. The zero-order valence-corrected chi connectivity index (χ0v) is 8.63. The quantitative estimate of drug-likeness (QED) is 0.529. The summed E-state index contributed by atoms with van der Waals surface area (Å²) in [4.78, 5) is 15.6. The average Bonchev–Trinajstić information content (AvgIpc) is 2.69. The van der Waals surface area contributed by atoms with Gasteiger partial charge in [-0.25, -0.2) is 0 Å². The summed E-state index contributed by atoms with van der Waals surface area (Å²) in [5.41, 5.74) is 4.94. The molecule has 0 heterocycles. The van der Waals surface area contributed by atoms with E-state index < -0.39 is 5.54 Å². The van der Waals surface area contributed by atoms with Gasteiger partial charge in [0.15, 0.2) is 5.78 Å². The van der Waals surface area contributed by atoms with Crippen LogP contribution in [0.5, 0.6) is 0 Å².